The number of aryl methyl sites for hydroxylation is 1. The lowest BCUT2D eigenvalue weighted by molar-refractivity contribution is -0.143. The summed E-state index contributed by atoms with van der Waals surface area (Å²) in [5.41, 5.74) is 0.779. The number of amides is 1. The Bertz CT molecular complexity index is 791. The molecule has 8 heteroatoms. The number of halogens is 1. The number of carboxylic acid groups (broad SMARTS) is 1. The van der Waals surface area contributed by atoms with Crippen LogP contribution in [0.25, 0.3) is 11.4 Å². The summed E-state index contributed by atoms with van der Waals surface area (Å²) in [5.74, 6) is -0.745. The maximum absolute atomic E-state index is 12.3. The zero-order valence-electron chi connectivity index (χ0n) is 14.9. The van der Waals surface area contributed by atoms with Gasteiger partial charge in [0.15, 0.2) is 0 Å². The maximum atomic E-state index is 12.3. The molecule has 1 aliphatic rings. The molecule has 1 saturated carbocycles. The molecule has 0 spiro atoms. The molecule has 0 saturated heterocycles. The minimum absolute atomic E-state index is 0.172. The number of carbonyl (C=O) groups excluding carboxylic acids is 1. The van der Waals surface area contributed by atoms with Crippen LogP contribution in [0.1, 0.15) is 44.4 Å². The second-order valence-corrected chi connectivity index (χ2v) is 7.21. The van der Waals surface area contributed by atoms with E-state index in [4.69, 9.17) is 16.1 Å². The number of aliphatic carboxylic acids is 1. The zero-order chi connectivity index (χ0) is 19.2. The molecule has 0 aliphatic heterocycles. The Hall–Kier alpha value is -2.41. The number of carboxylic acids is 1. The van der Waals surface area contributed by atoms with Gasteiger partial charge in [-0.3, -0.25) is 9.59 Å². The van der Waals surface area contributed by atoms with Crippen molar-refractivity contribution < 1.29 is 19.2 Å². The Morgan fingerprint density at radius 3 is 2.67 bits per heavy atom. The van der Waals surface area contributed by atoms with E-state index in [1.807, 2.05) is 0 Å². The van der Waals surface area contributed by atoms with E-state index >= 15 is 0 Å². The first-order chi connectivity index (χ1) is 13.0. The van der Waals surface area contributed by atoms with Crippen LogP contribution in [0.5, 0.6) is 0 Å². The average Bonchev–Trinajstić information content (AvgIpc) is 2.99. The lowest BCUT2D eigenvalue weighted by Crippen LogP contribution is -2.42. The highest BCUT2D eigenvalue weighted by Crippen LogP contribution is 2.24. The smallest absolute Gasteiger partial charge is 0.308 e. The highest BCUT2D eigenvalue weighted by Gasteiger charge is 2.30. The normalized spacial score (nSPS) is 20.0. The molecular weight excluding hydrogens is 370 g/mol. The molecule has 0 radical (unpaired) electrons. The second-order valence-electron chi connectivity index (χ2n) is 6.78. The van der Waals surface area contributed by atoms with Gasteiger partial charge in [-0.2, -0.15) is 4.98 Å². The van der Waals surface area contributed by atoms with Crippen LogP contribution >= 0.6 is 11.6 Å². The van der Waals surface area contributed by atoms with E-state index in [2.05, 4.69) is 15.5 Å². The van der Waals surface area contributed by atoms with E-state index in [9.17, 15) is 14.7 Å². The van der Waals surface area contributed by atoms with Gasteiger partial charge in [-0.25, -0.2) is 0 Å². The van der Waals surface area contributed by atoms with Gasteiger partial charge in [0.1, 0.15) is 0 Å². The highest BCUT2D eigenvalue weighted by molar-refractivity contribution is 6.30. The van der Waals surface area contributed by atoms with E-state index in [1.165, 1.54) is 0 Å². The van der Waals surface area contributed by atoms with Crippen molar-refractivity contribution in [3.05, 3.63) is 35.2 Å². The Morgan fingerprint density at radius 1 is 1.19 bits per heavy atom. The highest BCUT2D eigenvalue weighted by atomic mass is 35.5. The second kappa shape index (κ2) is 8.99. The third kappa shape index (κ3) is 5.29. The largest absolute Gasteiger partial charge is 0.481 e. The van der Waals surface area contributed by atoms with Gasteiger partial charge < -0.3 is 14.9 Å². The molecule has 0 bridgehead atoms. The number of hydrogen-bond acceptors (Lipinski definition) is 5. The molecule has 2 N–H and O–H groups in total. The zero-order valence-corrected chi connectivity index (χ0v) is 15.6. The first-order valence-electron chi connectivity index (χ1n) is 9.13. The Balaban J connectivity index is 1.54. The first kappa shape index (κ1) is 19.4. The van der Waals surface area contributed by atoms with Crippen molar-refractivity contribution in [2.75, 3.05) is 0 Å². The van der Waals surface area contributed by atoms with Crippen molar-refractivity contribution in [2.45, 2.75) is 51.0 Å². The Labute approximate surface area is 162 Å². The average molecular weight is 392 g/mol. The summed E-state index contributed by atoms with van der Waals surface area (Å²) in [7, 11) is 0. The van der Waals surface area contributed by atoms with Gasteiger partial charge in [0.2, 0.25) is 17.6 Å². The molecule has 3 rings (SSSR count). The third-order valence-electron chi connectivity index (χ3n) is 4.82. The molecule has 1 aliphatic carbocycles. The molecule has 2 atom stereocenters. The molecule has 1 fully saturated rings. The molecule has 27 heavy (non-hydrogen) atoms. The van der Waals surface area contributed by atoms with Crippen molar-refractivity contribution in [1.82, 2.24) is 15.5 Å². The van der Waals surface area contributed by atoms with Crippen LogP contribution in [0.2, 0.25) is 5.02 Å². The van der Waals surface area contributed by atoms with Crippen LogP contribution in [0.3, 0.4) is 0 Å². The van der Waals surface area contributed by atoms with Crippen LogP contribution in [-0.2, 0) is 16.0 Å². The Morgan fingerprint density at radius 2 is 1.93 bits per heavy atom. The summed E-state index contributed by atoms with van der Waals surface area (Å²) in [5, 5.41) is 16.8. The lowest BCUT2D eigenvalue weighted by Gasteiger charge is -2.22. The summed E-state index contributed by atoms with van der Waals surface area (Å²) in [6.07, 6.45) is 4.60. The fourth-order valence-corrected chi connectivity index (χ4v) is 3.47. The van der Waals surface area contributed by atoms with Gasteiger partial charge in [-0.15, -0.1) is 0 Å². The van der Waals surface area contributed by atoms with E-state index in [1.54, 1.807) is 24.3 Å². The minimum Gasteiger partial charge on any atom is -0.481 e. The molecule has 144 valence electrons. The number of benzene rings is 1. The van der Waals surface area contributed by atoms with Gasteiger partial charge in [0, 0.05) is 29.5 Å². The first-order valence-corrected chi connectivity index (χ1v) is 9.51. The molecular formula is C19H22ClN3O4. The summed E-state index contributed by atoms with van der Waals surface area (Å²) in [6, 6.07) is 6.76. The summed E-state index contributed by atoms with van der Waals surface area (Å²) < 4.78 is 5.20. The predicted octanol–water partition coefficient (Wildman–Crippen LogP) is 3.47. The number of nitrogens with zero attached hydrogens (tertiary/aromatic N) is 2. The molecule has 7 nitrogen and oxygen atoms in total. The van der Waals surface area contributed by atoms with Gasteiger partial charge in [0.25, 0.3) is 0 Å². The van der Waals surface area contributed by atoms with Crippen LogP contribution < -0.4 is 5.32 Å². The van der Waals surface area contributed by atoms with Crippen molar-refractivity contribution in [3.63, 3.8) is 0 Å². The topological polar surface area (TPSA) is 105 Å². The fourth-order valence-electron chi connectivity index (χ4n) is 3.35. The number of aromatic nitrogens is 2. The number of hydrogen-bond donors (Lipinski definition) is 2. The molecule has 1 heterocycles. The Kier molecular flexibility index (Phi) is 6.45. The minimum atomic E-state index is -0.841. The van der Waals surface area contributed by atoms with E-state index in [-0.39, 0.29) is 18.4 Å². The maximum Gasteiger partial charge on any atom is 0.308 e. The SMILES string of the molecule is O=C(CCc1nc(-c2ccc(Cl)cc2)no1)N[C@H]1CCCCC[C@H]1C(=O)O. The van der Waals surface area contributed by atoms with E-state index in [0.717, 1.165) is 24.8 Å². The van der Waals surface area contributed by atoms with Crippen molar-refractivity contribution >= 4 is 23.5 Å². The summed E-state index contributed by atoms with van der Waals surface area (Å²) >= 11 is 5.86. The van der Waals surface area contributed by atoms with Crippen LogP contribution in [0, 0.1) is 5.92 Å². The molecule has 1 aromatic carbocycles. The monoisotopic (exact) mass is 391 g/mol. The predicted molar refractivity (Wildman–Crippen MR) is 99.2 cm³/mol. The van der Waals surface area contributed by atoms with Crippen molar-refractivity contribution in [1.29, 1.82) is 0 Å². The van der Waals surface area contributed by atoms with Gasteiger partial charge in [-0.1, -0.05) is 36.0 Å². The van der Waals surface area contributed by atoms with Crippen molar-refractivity contribution in [3.8, 4) is 11.4 Å². The molecule has 2 aromatic rings. The third-order valence-corrected chi connectivity index (χ3v) is 5.07. The lowest BCUT2D eigenvalue weighted by atomic mass is 9.94. The van der Waals surface area contributed by atoms with Crippen molar-refractivity contribution in [2.24, 2.45) is 5.92 Å². The van der Waals surface area contributed by atoms with Gasteiger partial charge >= 0.3 is 5.97 Å². The fraction of sp³-hybridized carbons (Fsp3) is 0.474. The van der Waals surface area contributed by atoms with Crippen LogP contribution in [0.4, 0.5) is 0 Å². The van der Waals surface area contributed by atoms with E-state index in [0.29, 0.717) is 36.0 Å². The number of carbonyl (C=O) groups is 2. The number of nitrogens with one attached hydrogen (secondary N) is 1. The van der Waals surface area contributed by atoms with Gasteiger partial charge in [0.05, 0.1) is 5.92 Å². The van der Waals surface area contributed by atoms with Crippen LogP contribution in [0.15, 0.2) is 28.8 Å². The molecule has 1 aromatic heterocycles. The molecule has 1 amide bonds. The summed E-state index contributed by atoms with van der Waals surface area (Å²) in [4.78, 5) is 28.0. The van der Waals surface area contributed by atoms with Crippen LogP contribution in [-0.4, -0.2) is 33.2 Å². The summed E-state index contributed by atoms with van der Waals surface area (Å²) in [6.45, 7) is 0. The standard InChI is InChI=1S/C19H22ClN3O4/c20-13-8-6-12(7-9-13)18-22-17(27-23-18)11-10-16(24)21-15-5-3-1-2-4-14(15)19(25)26/h6-9,14-15H,1-5,10-11H2,(H,21,24)(H,25,26)/t14-,15+/m1/s1. The number of rotatable bonds is 6. The quantitative estimate of drug-likeness (QED) is 0.730. The van der Waals surface area contributed by atoms with E-state index < -0.39 is 11.9 Å². The molecule has 0 unspecified atom stereocenters. The van der Waals surface area contributed by atoms with Gasteiger partial charge in [-0.05, 0) is 37.1 Å².